The highest BCUT2D eigenvalue weighted by atomic mass is 32.1. The lowest BCUT2D eigenvalue weighted by molar-refractivity contribution is 0.401. The van der Waals surface area contributed by atoms with Crippen LogP contribution in [0.3, 0.4) is 0 Å². The first-order valence-corrected chi connectivity index (χ1v) is 7.68. The molecule has 0 fully saturated rings. The van der Waals surface area contributed by atoms with Crippen LogP contribution in [0.25, 0.3) is 0 Å². The third-order valence-corrected chi connectivity index (χ3v) is 4.09. The minimum absolute atomic E-state index is 0.0922. The van der Waals surface area contributed by atoms with Crippen molar-refractivity contribution in [2.24, 2.45) is 0 Å². The normalized spacial score (nSPS) is 13.9. The highest BCUT2D eigenvalue weighted by Gasteiger charge is 2.14. The molecule has 2 unspecified atom stereocenters. The fourth-order valence-electron chi connectivity index (χ4n) is 2.35. The third-order valence-electron chi connectivity index (χ3n) is 3.36. The largest absolute Gasteiger partial charge is 0.507 e. The first-order valence-electron chi connectivity index (χ1n) is 6.74. The first kappa shape index (κ1) is 14.9. The van der Waals surface area contributed by atoms with E-state index < -0.39 is 0 Å². The molecule has 0 saturated carbocycles. The van der Waals surface area contributed by atoms with Gasteiger partial charge in [0.15, 0.2) is 0 Å². The number of hydrogen-bond donors (Lipinski definition) is 2. The lowest BCUT2D eigenvalue weighted by Gasteiger charge is -2.21. The molecule has 2 atom stereocenters. The lowest BCUT2D eigenvalue weighted by atomic mass is 10.0. The summed E-state index contributed by atoms with van der Waals surface area (Å²) in [7, 11) is 1.60. The van der Waals surface area contributed by atoms with E-state index in [1.165, 1.54) is 5.56 Å². The van der Waals surface area contributed by atoms with Gasteiger partial charge < -0.3 is 15.2 Å². The van der Waals surface area contributed by atoms with E-state index in [0.717, 1.165) is 12.0 Å². The molecular weight excluding hydrogens is 270 g/mol. The van der Waals surface area contributed by atoms with Crippen LogP contribution in [0.2, 0.25) is 0 Å². The molecule has 0 aliphatic heterocycles. The van der Waals surface area contributed by atoms with Gasteiger partial charge in [0.25, 0.3) is 0 Å². The summed E-state index contributed by atoms with van der Waals surface area (Å²) in [4.78, 5) is 0. The van der Waals surface area contributed by atoms with Gasteiger partial charge in [-0.15, -0.1) is 0 Å². The summed E-state index contributed by atoms with van der Waals surface area (Å²) in [6.45, 7) is 4.22. The smallest absolute Gasteiger partial charge is 0.124 e. The lowest BCUT2D eigenvalue weighted by Crippen LogP contribution is -2.30. The summed E-state index contributed by atoms with van der Waals surface area (Å²) in [5.74, 6) is 0.942. The summed E-state index contributed by atoms with van der Waals surface area (Å²) >= 11 is 1.72. The van der Waals surface area contributed by atoms with Crippen molar-refractivity contribution in [2.75, 3.05) is 7.11 Å². The molecule has 0 aliphatic rings. The van der Waals surface area contributed by atoms with Crippen molar-refractivity contribution in [1.82, 2.24) is 5.32 Å². The van der Waals surface area contributed by atoms with Gasteiger partial charge in [-0.1, -0.05) is 6.07 Å². The summed E-state index contributed by atoms with van der Waals surface area (Å²) in [6, 6.07) is 8.02. The molecular formula is C16H21NO2S. The molecule has 3 nitrogen and oxygen atoms in total. The van der Waals surface area contributed by atoms with E-state index in [-0.39, 0.29) is 11.8 Å². The predicted octanol–water partition coefficient (Wildman–Crippen LogP) is 3.74. The van der Waals surface area contributed by atoms with Crippen molar-refractivity contribution >= 4 is 11.3 Å². The average molecular weight is 291 g/mol. The van der Waals surface area contributed by atoms with E-state index in [1.807, 2.05) is 12.1 Å². The Labute approximate surface area is 124 Å². The second-order valence-corrected chi connectivity index (χ2v) is 5.83. The molecule has 4 heteroatoms. The number of benzene rings is 1. The number of aromatic hydroxyl groups is 1. The molecule has 20 heavy (non-hydrogen) atoms. The topological polar surface area (TPSA) is 41.5 Å². The zero-order valence-electron chi connectivity index (χ0n) is 12.1. The first-order chi connectivity index (χ1) is 9.60. The Morgan fingerprint density at radius 2 is 2.10 bits per heavy atom. The van der Waals surface area contributed by atoms with Crippen LogP contribution in [0.1, 0.15) is 31.0 Å². The van der Waals surface area contributed by atoms with Crippen molar-refractivity contribution in [3.05, 3.63) is 46.2 Å². The minimum Gasteiger partial charge on any atom is -0.507 e. The summed E-state index contributed by atoms with van der Waals surface area (Å²) in [5.41, 5.74) is 2.24. The molecule has 2 rings (SSSR count). The Morgan fingerprint density at radius 1 is 1.30 bits per heavy atom. The van der Waals surface area contributed by atoms with E-state index >= 15 is 0 Å². The van der Waals surface area contributed by atoms with Gasteiger partial charge in [0.05, 0.1) is 7.11 Å². The molecule has 1 heterocycles. The molecule has 0 amide bonds. The van der Waals surface area contributed by atoms with Gasteiger partial charge in [-0.3, -0.25) is 0 Å². The molecule has 0 aliphatic carbocycles. The van der Waals surface area contributed by atoms with Crippen LogP contribution in [0.5, 0.6) is 11.5 Å². The fraction of sp³-hybridized carbons (Fsp3) is 0.375. The highest BCUT2D eigenvalue weighted by molar-refractivity contribution is 7.07. The molecule has 0 radical (unpaired) electrons. The van der Waals surface area contributed by atoms with Crippen molar-refractivity contribution in [2.45, 2.75) is 32.4 Å². The molecule has 108 valence electrons. The predicted molar refractivity (Wildman–Crippen MR) is 83.7 cm³/mol. The molecule has 1 aromatic heterocycles. The van der Waals surface area contributed by atoms with Crippen LogP contribution in [0.4, 0.5) is 0 Å². The molecule has 0 saturated heterocycles. The van der Waals surface area contributed by atoms with Gasteiger partial charge in [0.1, 0.15) is 11.5 Å². The maximum absolute atomic E-state index is 10.0. The van der Waals surface area contributed by atoms with Gasteiger partial charge >= 0.3 is 0 Å². The van der Waals surface area contributed by atoms with Gasteiger partial charge in [0.2, 0.25) is 0 Å². The molecule has 2 aromatic rings. The third kappa shape index (κ3) is 3.74. The number of methoxy groups -OCH3 is 1. The second kappa shape index (κ2) is 6.77. The van der Waals surface area contributed by atoms with Crippen LogP contribution in [-0.2, 0) is 6.42 Å². The number of rotatable bonds is 6. The maximum atomic E-state index is 10.0. The number of phenols is 1. The zero-order valence-corrected chi connectivity index (χ0v) is 12.9. The van der Waals surface area contributed by atoms with E-state index in [1.54, 1.807) is 24.5 Å². The number of nitrogens with one attached hydrogen (secondary N) is 1. The van der Waals surface area contributed by atoms with E-state index in [9.17, 15) is 5.11 Å². The molecule has 0 bridgehead atoms. The van der Waals surface area contributed by atoms with Crippen LogP contribution in [0.15, 0.2) is 35.0 Å². The summed E-state index contributed by atoms with van der Waals surface area (Å²) in [5, 5.41) is 17.8. The Hall–Kier alpha value is -1.52. The minimum atomic E-state index is 0.0922. The van der Waals surface area contributed by atoms with Crippen LogP contribution < -0.4 is 10.1 Å². The standard InChI is InChI=1S/C16H21NO2S/c1-11(8-13-6-7-20-10-13)17-12(2)15-5-4-14(19-3)9-16(15)18/h4-7,9-12,17-18H,8H2,1-3H3. The average Bonchev–Trinajstić information content (AvgIpc) is 2.90. The number of phenolic OH excluding ortho intramolecular Hbond substituents is 1. The van der Waals surface area contributed by atoms with Gasteiger partial charge in [-0.05, 0) is 48.7 Å². The van der Waals surface area contributed by atoms with Crippen molar-refractivity contribution in [3.63, 3.8) is 0 Å². The second-order valence-electron chi connectivity index (χ2n) is 5.05. The zero-order chi connectivity index (χ0) is 14.5. The number of thiophene rings is 1. The van der Waals surface area contributed by atoms with Crippen molar-refractivity contribution < 1.29 is 9.84 Å². The Bertz CT molecular complexity index is 539. The number of ether oxygens (including phenoxy) is 1. The SMILES string of the molecule is COc1ccc(C(C)NC(C)Cc2ccsc2)c(O)c1. The maximum Gasteiger partial charge on any atom is 0.124 e. The van der Waals surface area contributed by atoms with Crippen molar-refractivity contribution in [3.8, 4) is 11.5 Å². The fourth-order valence-corrected chi connectivity index (χ4v) is 3.04. The van der Waals surface area contributed by atoms with Crippen LogP contribution >= 0.6 is 11.3 Å². The Morgan fingerprint density at radius 3 is 2.70 bits per heavy atom. The quantitative estimate of drug-likeness (QED) is 0.852. The molecule has 2 N–H and O–H groups in total. The summed E-state index contributed by atoms with van der Waals surface area (Å²) in [6.07, 6.45) is 0.991. The molecule has 0 spiro atoms. The number of hydrogen-bond acceptors (Lipinski definition) is 4. The van der Waals surface area contributed by atoms with Gasteiger partial charge in [-0.25, -0.2) is 0 Å². The Kier molecular flexibility index (Phi) is 5.04. The Balaban J connectivity index is 1.98. The van der Waals surface area contributed by atoms with Crippen molar-refractivity contribution in [1.29, 1.82) is 0 Å². The van der Waals surface area contributed by atoms with Crippen LogP contribution in [0, 0.1) is 0 Å². The molecule has 1 aromatic carbocycles. The van der Waals surface area contributed by atoms with E-state index in [0.29, 0.717) is 11.8 Å². The highest BCUT2D eigenvalue weighted by Crippen LogP contribution is 2.28. The summed E-state index contributed by atoms with van der Waals surface area (Å²) < 4.78 is 5.10. The van der Waals surface area contributed by atoms with Crippen LogP contribution in [-0.4, -0.2) is 18.3 Å². The van der Waals surface area contributed by atoms with Gasteiger partial charge in [0, 0.05) is 23.7 Å². The van der Waals surface area contributed by atoms with E-state index in [2.05, 4.69) is 36.0 Å². The monoisotopic (exact) mass is 291 g/mol. The van der Waals surface area contributed by atoms with Gasteiger partial charge in [-0.2, -0.15) is 11.3 Å². The van der Waals surface area contributed by atoms with E-state index in [4.69, 9.17) is 4.74 Å².